The van der Waals surface area contributed by atoms with Crippen molar-refractivity contribution in [3.8, 4) is 5.75 Å². The van der Waals surface area contributed by atoms with Gasteiger partial charge in [-0.05, 0) is 31.0 Å². The first-order chi connectivity index (χ1) is 12.7. The van der Waals surface area contributed by atoms with E-state index in [4.69, 9.17) is 4.74 Å². The number of nitrogens with zero attached hydrogens (tertiary/aromatic N) is 4. The molecule has 6 nitrogen and oxygen atoms in total. The summed E-state index contributed by atoms with van der Waals surface area (Å²) in [5.41, 5.74) is 2.53. The lowest BCUT2D eigenvalue weighted by atomic mass is 10.1. The highest BCUT2D eigenvalue weighted by atomic mass is 16.5. The standard InChI is InChI=1S/C20H30N4O2/c1-3-26-20-6-4-17(5-7-20)15-24-10-9-23(16-19(24)8-11-25)14-18-12-21-22(2)13-18/h4-7,12-13,19,25H,3,8-11,14-16H2,1-2H3/t19-/m1/s1. The molecule has 3 rings (SSSR count). The van der Waals surface area contributed by atoms with Crippen molar-refractivity contribution in [2.24, 2.45) is 7.05 Å². The van der Waals surface area contributed by atoms with Crippen molar-refractivity contribution in [3.63, 3.8) is 0 Å². The first kappa shape index (κ1) is 18.9. The average molecular weight is 358 g/mol. The maximum atomic E-state index is 9.50. The van der Waals surface area contributed by atoms with E-state index in [1.165, 1.54) is 11.1 Å². The molecule has 0 saturated carbocycles. The molecule has 0 amide bonds. The van der Waals surface area contributed by atoms with Gasteiger partial charge in [0.2, 0.25) is 0 Å². The second-order valence-corrected chi connectivity index (χ2v) is 6.97. The molecule has 1 aliphatic heterocycles. The van der Waals surface area contributed by atoms with Gasteiger partial charge in [-0.3, -0.25) is 14.5 Å². The van der Waals surface area contributed by atoms with E-state index in [1.807, 2.05) is 37.0 Å². The average Bonchev–Trinajstić information content (AvgIpc) is 3.04. The summed E-state index contributed by atoms with van der Waals surface area (Å²) in [5, 5.41) is 13.8. The summed E-state index contributed by atoms with van der Waals surface area (Å²) < 4.78 is 7.37. The molecule has 1 aromatic heterocycles. The topological polar surface area (TPSA) is 53.8 Å². The molecular formula is C20H30N4O2. The summed E-state index contributed by atoms with van der Waals surface area (Å²) in [6.07, 6.45) is 4.82. The van der Waals surface area contributed by atoms with E-state index in [1.54, 1.807) is 0 Å². The van der Waals surface area contributed by atoms with Crippen LogP contribution in [0.5, 0.6) is 5.75 Å². The monoisotopic (exact) mass is 358 g/mol. The van der Waals surface area contributed by atoms with Gasteiger partial charge in [-0.2, -0.15) is 5.10 Å². The molecule has 2 heterocycles. The molecular weight excluding hydrogens is 328 g/mol. The zero-order chi connectivity index (χ0) is 18.4. The van der Waals surface area contributed by atoms with Crippen molar-refractivity contribution in [2.75, 3.05) is 32.8 Å². The molecule has 142 valence electrons. The third kappa shape index (κ3) is 5.06. The minimum absolute atomic E-state index is 0.227. The van der Waals surface area contributed by atoms with Gasteiger partial charge in [-0.15, -0.1) is 0 Å². The third-order valence-corrected chi connectivity index (χ3v) is 4.94. The van der Waals surface area contributed by atoms with Crippen LogP contribution in [0.15, 0.2) is 36.7 Å². The normalized spacial score (nSPS) is 19.0. The number of aromatic nitrogens is 2. The van der Waals surface area contributed by atoms with E-state index in [0.717, 1.165) is 44.9 Å². The summed E-state index contributed by atoms with van der Waals surface area (Å²) in [7, 11) is 1.95. The van der Waals surface area contributed by atoms with E-state index in [0.29, 0.717) is 12.6 Å². The first-order valence-corrected chi connectivity index (χ1v) is 9.44. The molecule has 0 spiro atoms. The van der Waals surface area contributed by atoms with Crippen LogP contribution in [0.3, 0.4) is 0 Å². The van der Waals surface area contributed by atoms with Gasteiger partial charge in [0.05, 0.1) is 12.8 Å². The van der Waals surface area contributed by atoms with E-state index in [2.05, 4.69) is 33.2 Å². The quantitative estimate of drug-likeness (QED) is 0.781. The van der Waals surface area contributed by atoms with E-state index >= 15 is 0 Å². The number of hydrogen-bond donors (Lipinski definition) is 1. The van der Waals surface area contributed by atoms with Crippen LogP contribution in [-0.4, -0.2) is 63.6 Å². The van der Waals surface area contributed by atoms with Crippen LogP contribution in [-0.2, 0) is 20.1 Å². The number of hydrogen-bond acceptors (Lipinski definition) is 5. The second-order valence-electron chi connectivity index (χ2n) is 6.97. The van der Waals surface area contributed by atoms with Crippen molar-refractivity contribution in [3.05, 3.63) is 47.8 Å². The molecule has 1 saturated heterocycles. The molecule has 1 aromatic carbocycles. The fourth-order valence-corrected chi connectivity index (χ4v) is 3.64. The predicted octanol–water partition coefficient (Wildman–Crippen LogP) is 1.89. The number of piperazine rings is 1. The summed E-state index contributed by atoms with van der Waals surface area (Å²) in [6, 6.07) is 8.74. The number of aliphatic hydroxyl groups is 1. The van der Waals surface area contributed by atoms with Crippen LogP contribution in [0.2, 0.25) is 0 Å². The zero-order valence-electron chi connectivity index (χ0n) is 15.8. The molecule has 1 N–H and O–H groups in total. The number of ether oxygens (including phenoxy) is 1. The SMILES string of the molecule is CCOc1ccc(CN2CCN(Cc3cnn(C)c3)C[C@H]2CCO)cc1. The Balaban J connectivity index is 1.59. The molecule has 26 heavy (non-hydrogen) atoms. The minimum Gasteiger partial charge on any atom is -0.494 e. The van der Waals surface area contributed by atoms with E-state index in [-0.39, 0.29) is 6.61 Å². The Labute approximate surface area is 156 Å². The molecule has 1 aliphatic rings. The van der Waals surface area contributed by atoms with Gasteiger partial charge in [0.1, 0.15) is 5.75 Å². The maximum Gasteiger partial charge on any atom is 0.119 e. The molecule has 0 unspecified atom stereocenters. The summed E-state index contributed by atoms with van der Waals surface area (Å²) >= 11 is 0. The van der Waals surface area contributed by atoms with Crippen LogP contribution in [0.4, 0.5) is 0 Å². The van der Waals surface area contributed by atoms with Crippen LogP contribution >= 0.6 is 0 Å². The lowest BCUT2D eigenvalue weighted by Gasteiger charge is -2.41. The molecule has 0 radical (unpaired) electrons. The molecule has 0 bridgehead atoms. The lowest BCUT2D eigenvalue weighted by Crippen LogP contribution is -2.52. The van der Waals surface area contributed by atoms with Gasteiger partial charge in [0.15, 0.2) is 0 Å². The van der Waals surface area contributed by atoms with Crippen LogP contribution < -0.4 is 4.74 Å². The minimum atomic E-state index is 0.227. The Morgan fingerprint density at radius 1 is 1.15 bits per heavy atom. The molecule has 1 atom stereocenters. The highest BCUT2D eigenvalue weighted by Crippen LogP contribution is 2.20. The number of benzene rings is 1. The van der Waals surface area contributed by atoms with Gasteiger partial charge >= 0.3 is 0 Å². The van der Waals surface area contributed by atoms with Crippen LogP contribution in [0.1, 0.15) is 24.5 Å². The van der Waals surface area contributed by atoms with Crippen molar-refractivity contribution in [1.82, 2.24) is 19.6 Å². The molecule has 6 heteroatoms. The zero-order valence-corrected chi connectivity index (χ0v) is 15.8. The van der Waals surface area contributed by atoms with Crippen LogP contribution in [0, 0.1) is 0 Å². The van der Waals surface area contributed by atoms with Gasteiger partial charge in [0.25, 0.3) is 0 Å². The van der Waals surface area contributed by atoms with Gasteiger partial charge in [-0.25, -0.2) is 0 Å². The van der Waals surface area contributed by atoms with E-state index < -0.39 is 0 Å². The molecule has 1 fully saturated rings. The second kappa shape index (κ2) is 9.16. The van der Waals surface area contributed by atoms with Crippen molar-refractivity contribution in [1.29, 1.82) is 0 Å². The lowest BCUT2D eigenvalue weighted by molar-refractivity contribution is 0.0499. The number of rotatable bonds is 8. The Bertz CT molecular complexity index is 671. The van der Waals surface area contributed by atoms with Gasteiger partial charge in [-0.1, -0.05) is 12.1 Å². The van der Waals surface area contributed by atoms with Gasteiger partial charge in [0, 0.05) is 64.2 Å². The van der Waals surface area contributed by atoms with Crippen molar-refractivity contribution < 1.29 is 9.84 Å². The Kier molecular flexibility index (Phi) is 6.66. The fraction of sp³-hybridized carbons (Fsp3) is 0.550. The third-order valence-electron chi connectivity index (χ3n) is 4.94. The number of aryl methyl sites for hydroxylation is 1. The summed E-state index contributed by atoms with van der Waals surface area (Å²) in [6.45, 7) is 7.78. The van der Waals surface area contributed by atoms with Crippen molar-refractivity contribution >= 4 is 0 Å². The Morgan fingerprint density at radius 2 is 1.96 bits per heavy atom. The summed E-state index contributed by atoms with van der Waals surface area (Å²) in [4.78, 5) is 4.96. The van der Waals surface area contributed by atoms with Gasteiger partial charge < -0.3 is 9.84 Å². The first-order valence-electron chi connectivity index (χ1n) is 9.44. The Morgan fingerprint density at radius 3 is 2.62 bits per heavy atom. The predicted molar refractivity (Wildman–Crippen MR) is 102 cm³/mol. The smallest absolute Gasteiger partial charge is 0.119 e. The Hall–Kier alpha value is -1.89. The highest BCUT2D eigenvalue weighted by molar-refractivity contribution is 5.27. The summed E-state index contributed by atoms with van der Waals surface area (Å²) in [5.74, 6) is 0.921. The highest BCUT2D eigenvalue weighted by Gasteiger charge is 2.26. The largest absolute Gasteiger partial charge is 0.494 e. The maximum absolute atomic E-state index is 9.50. The molecule has 0 aliphatic carbocycles. The van der Waals surface area contributed by atoms with Crippen LogP contribution in [0.25, 0.3) is 0 Å². The van der Waals surface area contributed by atoms with Crippen molar-refractivity contribution in [2.45, 2.75) is 32.5 Å². The number of aliphatic hydroxyl groups excluding tert-OH is 1. The van der Waals surface area contributed by atoms with E-state index in [9.17, 15) is 5.11 Å². The molecule has 2 aromatic rings. The fourth-order valence-electron chi connectivity index (χ4n) is 3.64.